The van der Waals surface area contributed by atoms with E-state index < -0.39 is 0 Å². The number of likely N-dealkylation sites (N-methyl/N-ethyl adjacent to an activating group) is 1. The van der Waals surface area contributed by atoms with Crippen LogP contribution in [-0.4, -0.2) is 33.1 Å². The van der Waals surface area contributed by atoms with E-state index in [4.69, 9.17) is 12.2 Å². The molecule has 0 aromatic heterocycles. The van der Waals surface area contributed by atoms with Crippen molar-refractivity contribution in [3.8, 4) is 0 Å². The van der Waals surface area contributed by atoms with Gasteiger partial charge in [0.25, 0.3) is 5.91 Å². The molecule has 0 bridgehead atoms. The second kappa shape index (κ2) is 9.25. The Balaban J connectivity index is 1.74. The van der Waals surface area contributed by atoms with Crippen molar-refractivity contribution < 1.29 is 4.79 Å². The van der Waals surface area contributed by atoms with E-state index in [1.165, 1.54) is 33.5 Å². The number of hydrogen-bond donors (Lipinski definition) is 0. The standard InChI is InChI=1S/C24H22N2OS3/c1-3-25-20(16-15-19-23(27)26(4-2)24(28)29-19)30-22(18-13-9-6-10-14-18)21(25)17-11-7-5-8-12-17/h5-16H,3-4H2,1-2H3/b19-15-,20-16-. The number of benzene rings is 2. The summed E-state index contributed by atoms with van der Waals surface area (Å²) in [6.45, 7) is 5.54. The van der Waals surface area contributed by atoms with Gasteiger partial charge >= 0.3 is 0 Å². The zero-order valence-electron chi connectivity index (χ0n) is 16.9. The molecule has 4 rings (SSSR count). The van der Waals surface area contributed by atoms with Crippen molar-refractivity contribution in [1.82, 2.24) is 9.80 Å². The summed E-state index contributed by atoms with van der Waals surface area (Å²) in [6.07, 6.45) is 3.96. The third-order valence-electron chi connectivity index (χ3n) is 4.92. The van der Waals surface area contributed by atoms with Crippen LogP contribution in [0.1, 0.15) is 25.0 Å². The Kier molecular flexibility index (Phi) is 6.46. The molecule has 152 valence electrons. The minimum atomic E-state index is -0.00470. The molecule has 0 N–H and O–H groups in total. The third-order valence-corrected chi connectivity index (χ3v) is 7.52. The summed E-state index contributed by atoms with van der Waals surface area (Å²) in [5.74, 6) is -0.00470. The van der Waals surface area contributed by atoms with Crippen LogP contribution >= 0.6 is 35.7 Å². The normalized spacial score (nSPS) is 19.7. The van der Waals surface area contributed by atoms with Gasteiger partial charge in [0.15, 0.2) is 0 Å². The molecule has 2 aliphatic heterocycles. The number of hydrogen-bond acceptors (Lipinski definition) is 5. The van der Waals surface area contributed by atoms with Gasteiger partial charge in [0.1, 0.15) is 4.32 Å². The van der Waals surface area contributed by atoms with Crippen molar-refractivity contribution >= 4 is 56.6 Å². The number of carbonyl (C=O) groups is 1. The van der Waals surface area contributed by atoms with Crippen molar-refractivity contribution in [3.63, 3.8) is 0 Å². The van der Waals surface area contributed by atoms with E-state index in [9.17, 15) is 4.79 Å². The van der Waals surface area contributed by atoms with E-state index in [0.29, 0.717) is 15.8 Å². The van der Waals surface area contributed by atoms with Crippen LogP contribution in [-0.2, 0) is 4.79 Å². The molecule has 0 atom stereocenters. The second-order valence-corrected chi connectivity index (χ2v) is 9.42. The average molecular weight is 451 g/mol. The largest absolute Gasteiger partial charge is 0.335 e. The summed E-state index contributed by atoms with van der Waals surface area (Å²) in [7, 11) is 0. The Morgan fingerprint density at radius 1 is 0.833 bits per heavy atom. The van der Waals surface area contributed by atoms with Gasteiger partial charge in [-0.25, -0.2) is 0 Å². The minimum absolute atomic E-state index is 0.00470. The number of nitrogens with zero attached hydrogens (tertiary/aromatic N) is 2. The lowest BCUT2D eigenvalue weighted by atomic mass is 10.1. The molecule has 3 nitrogen and oxygen atoms in total. The monoisotopic (exact) mass is 450 g/mol. The van der Waals surface area contributed by atoms with Crippen molar-refractivity contribution in [2.45, 2.75) is 13.8 Å². The van der Waals surface area contributed by atoms with E-state index >= 15 is 0 Å². The molecule has 30 heavy (non-hydrogen) atoms. The topological polar surface area (TPSA) is 23.6 Å². The molecule has 1 amide bonds. The maximum Gasteiger partial charge on any atom is 0.266 e. The molecule has 1 saturated heterocycles. The number of carbonyl (C=O) groups excluding carboxylic acids is 1. The summed E-state index contributed by atoms with van der Waals surface area (Å²) in [6, 6.07) is 20.9. The fourth-order valence-electron chi connectivity index (χ4n) is 3.48. The summed E-state index contributed by atoms with van der Waals surface area (Å²) in [4.78, 5) is 18.4. The highest BCUT2D eigenvalue weighted by molar-refractivity contribution is 8.26. The Hall–Kier alpha value is -2.28. The molecule has 2 aromatic carbocycles. The molecular weight excluding hydrogens is 428 g/mol. The van der Waals surface area contributed by atoms with Crippen LogP contribution in [0.2, 0.25) is 0 Å². The van der Waals surface area contributed by atoms with Gasteiger partial charge in [-0.2, -0.15) is 0 Å². The molecule has 0 unspecified atom stereocenters. The lowest BCUT2D eigenvalue weighted by Crippen LogP contribution is -2.27. The highest BCUT2D eigenvalue weighted by Gasteiger charge is 2.31. The first-order chi connectivity index (χ1) is 14.6. The first kappa shape index (κ1) is 21.0. The summed E-state index contributed by atoms with van der Waals surface area (Å²) in [5, 5.41) is 1.11. The molecule has 2 heterocycles. The van der Waals surface area contributed by atoms with Gasteiger partial charge in [-0.15, -0.1) is 0 Å². The smallest absolute Gasteiger partial charge is 0.266 e. The number of rotatable bonds is 5. The minimum Gasteiger partial charge on any atom is -0.335 e. The zero-order chi connectivity index (χ0) is 21.1. The van der Waals surface area contributed by atoms with Crippen molar-refractivity contribution in [1.29, 1.82) is 0 Å². The predicted molar refractivity (Wildman–Crippen MR) is 133 cm³/mol. The van der Waals surface area contributed by atoms with Crippen LogP contribution in [0.15, 0.2) is 82.7 Å². The van der Waals surface area contributed by atoms with Gasteiger partial charge in [-0.05, 0) is 37.1 Å². The molecule has 0 saturated carbocycles. The predicted octanol–water partition coefficient (Wildman–Crippen LogP) is 6.19. The van der Waals surface area contributed by atoms with Crippen LogP contribution in [0.4, 0.5) is 0 Å². The molecular formula is C24H22N2OS3. The molecule has 2 aliphatic rings. The summed E-state index contributed by atoms with van der Waals surface area (Å²) in [5.41, 5.74) is 3.59. The van der Waals surface area contributed by atoms with Gasteiger partial charge in [0.2, 0.25) is 0 Å². The third kappa shape index (κ3) is 4.00. The number of allylic oxidation sites excluding steroid dienone is 2. The van der Waals surface area contributed by atoms with Crippen LogP contribution in [0, 0.1) is 0 Å². The Morgan fingerprint density at radius 2 is 1.43 bits per heavy atom. The van der Waals surface area contributed by atoms with E-state index in [1.807, 2.05) is 25.1 Å². The molecule has 2 aromatic rings. The highest BCUT2D eigenvalue weighted by atomic mass is 32.2. The summed E-state index contributed by atoms with van der Waals surface area (Å²) < 4.78 is 0.631. The van der Waals surface area contributed by atoms with Crippen LogP contribution < -0.4 is 0 Å². The van der Waals surface area contributed by atoms with E-state index in [1.54, 1.807) is 16.7 Å². The maximum absolute atomic E-state index is 12.6. The quantitative estimate of drug-likeness (QED) is 0.399. The number of amides is 1. The lowest BCUT2D eigenvalue weighted by Gasteiger charge is -2.21. The van der Waals surface area contributed by atoms with Crippen molar-refractivity contribution in [3.05, 3.63) is 93.9 Å². The Morgan fingerprint density at radius 3 is 2.00 bits per heavy atom. The molecule has 0 spiro atoms. The Labute approximate surface area is 191 Å². The fourth-order valence-corrected chi connectivity index (χ4v) is 6.06. The molecule has 6 heteroatoms. The van der Waals surface area contributed by atoms with E-state index in [-0.39, 0.29) is 5.91 Å². The summed E-state index contributed by atoms with van der Waals surface area (Å²) >= 11 is 8.46. The van der Waals surface area contributed by atoms with Crippen LogP contribution in [0.5, 0.6) is 0 Å². The maximum atomic E-state index is 12.6. The first-order valence-electron chi connectivity index (χ1n) is 9.90. The molecule has 0 aliphatic carbocycles. The van der Waals surface area contributed by atoms with Crippen LogP contribution in [0.3, 0.4) is 0 Å². The van der Waals surface area contributed by atoms with E-state index in [0.717, 1.165) is 11.6 Å². The molecule has 1 fully saturated rings. The highest BCUT2D eigenvalue weighted by Crippen LogP contribution is 2.50. The van der Waals surface area contributed by atoms with Crippen LogP contribution in [0.25, 0.3) is 10.6 Å². The van der Waals surface area contributed by atoms with Gasteiger partial charge in [0.05, 0.1) is 15.6 Å². The first-order valence-corrected chi connectivity index (χ1v) is 11.9. The van der Waals surface area contributed by atoms with Gasteiger partial charge in [-0.1, -0.05) is 96.4 Å². The van der Waals surface area contributed by atoms with Crippen molar-refractivity contribution in [2.75, 3.05) is 13.1 Å². The van der Waals surface area contributed by atoms with E-state index in [2.05, 4.69) is 66.4 Å². The van der Waals surface area contributed by atoms with Crippen molar-refractivity contribution in [2.24, 2.45) is 0 Å². The van der Waals surface area contributed by atoms with Gasteiger partial charge in [-0.3, -0.25) is 9.69 Å². The average Bonchev–Trinajstić information content (AvgIpc) is 3.29. The van der Waals surface area contributed by atoms with Gasteiger partial charge < -0.3 is 4.90 Å². The molecule has 0 radical (unpaired) electrons. The number of thioether (sulfide) groups is 2. The zero-order valence-corrected chi connectivity index (χ0v) is 19.3. The SMILES string of the molecule is CCN1C(=O)/C(=C/C=C2\SC(c3ccccc3)=C(c3ccccc3)N2CC)SC1=S. The lowest BCUT2D eigenvalue weighted by molar-refractivity contribution is -0.122. The fraction of sp³-hybridized carbons (Fsp3) is 0.167. The van der Waals surface area contributed by atoms with Gasteiger partial charge in [0, 0.05) is 18.0 Å². The number of thiocarbonyl (C=S) groups is 1. The second-order valence-electron chi connectivity index (χ2n) is 6.71. The Bertz CT molecular complexity index is 1060.